The highest BCUT2D eigenvalue weighted by Crippen LogP contribution is 2.41. The van der Waals surface area contributed by atoms with Gasteiger partial charge in [0.05, 0.1) is 0 Å². The number of hydrogen-bond donors (Lipinski definition) is 1. The summed E-state index contributed by atoms with van der Waals surface area (Å²) in [4.78, 5) is 2.32. The molecule has 35 heavy (non-hydrogen) atoms. The van der Waals surface area contributed by atoms with Crippen molar-refractivity contribution in [3.63, 3.8) is 0 Å². The van der Waals surface area contributed by atoms with Gasteiger partial charge < -0.3 is 10.6 Å². The van der Waals surface area contributed by atoms with Crippen LogP contribution in [0.4, 0.5) is 0 Å². The maximum Gasteiger partial charge on any atom is 0.0459 e. The molecule has 1 saturated carbocycles. The van der Waals surface area contributed by atoms with Crippen LogP contribution >= 0.6 is 0 Å². The molecule has 182 valence electrons. The fourth-order valence-corrected chi connectivity index (χ4v) is 5.14. The maximum atomic E-state index is 6.28. The second-order valence-corrected chi connectivity index (χ2v) is 9.81. The fourth-order valence-electron chi connectivity index (χ4n) is 5.14. The summed E-state index contributed by atoms with van der Waals surface area (Å²) in [6.45, 7) is 8.99. The number of allylic oxidation sites excluding steroid dienone is 7. The molecule has 0 bridgehead atoms. The van der Waals surface area contributed by atoms with Crippen LogP contribution in [0, 0.1) is 0 Å². The van der Waals surface area contributed by atoms with Gasteiger partial charge in [-0.2, -0.15) is 0 Å². The van der Waals surface area contributed by atoms with Crippen LogP contribution in [0.1, 0.15) is 81.4 Å². The molecule has 2 nitrogen and oxygen atoms in total. The third kappa shape index (κ3) is 5.70. The minimum Gasteiger partial charge on any atom is -0.404 e. The van der Waals surface area contributed by atoms with Crippen LogP contribution in [-0.4, -0.2) is 11.9 Å². The summed E-state index contributed by atoms with van der Waals surface area (Å²) in [7, 11) is 2.17. The van der Waals surface area contributed by atoms with Crippen molar-refractivity contribution < 1.29 is 0 Å². The summed E-state index contributed by atoms with van der Waals surface area (Å²) in [6.07, 6.45) is 14.8. The van der Waals surface area contributed by atoms with Crippen molar-refractivity contribution in [1.82, 2.24) is 4.90 Å². The van der Waals surface area contributed by atoms with Gasteiger partial charge in [0.2, 0.25) is 0 Å². The normalized spacial score (nSPS) is 17.5. The summed E-state index contributed by atoms with van der Waals surface area (Å²) in [5.74, 6) is 0.753. The molecule has 2 aliphatic carbocycles. The van der Waals surface area contributed by atoms with Crippen LogP contribution in [0.15, 0.2) is 102 Å². The molecule has 2 heteroatoms. The number of benzene rings is 2. The first-order chi connectivity index (χ1) is 17.0. The van der Waals surface area contributed by atoms with Crippen molar-refractivity contribution in [2.24, 2.45) is 5.73 Å². The van der Waals surface area contributed by atoms with Gasteiger partial charge in [-0.05, 0) is 85.6 Å². The predicted octanol–water partition coefficient (Wildman–Crippen LogP) is 8.58. The molecule has 2 aliphatic rings. The van der Waals surface area contributed by atoms with Gasteiger partial charge in [0, 0.05) is 35.8 Å². The highest BCUT2D eigenvalue weighted by Gasteiger charge is 2.24. The molecule has 0 saturated heterocycles. The van der Waals surface area contributed by atoms with Crippen molar-refractivity contribution in [3.8, 4) is 0 Å². The van der Waals surface area contributed by atoms with Gasteiger partial charge in [-0.15, -0.1) is 0 Å². The Hall–Kier alpha value is -3.26. The van der Waals surface area contributed by atoms with Gasteiger partial charge in [-0.3, -0.25) is 0 Å². The molecule has 2 aromatic rings. The zero-order valence-electron chi connectivity index (χ0n) is 21.7. The van der Waals surface area contributed by atoms with Crippen LogP contribution in [0.2, 0.25) is 0 Å². The van der Waals surface area contributed by atoms with Crippen molar-refractivity contribution >= 4 is 11.1 Å². The van der Waals surface area contributed by atoms with Crippen LogP contribution < -0.4 is 5.73 Å². The van der Waals surface area contributed by atoms with Gasteiger partial charge in [-0.25, -0.2) is 0 Å². The Labute approximate surface area is 212 Å². The van der Waals surface area contributed by atoms with E-state index in [4.69, 9.17) is 5.73 Å². The van der Waals surface area contributed by atoms with E-state index in [1.165, 1.54) is 53.7 Å². The summed E-state index contributed by atoms with van der Waals surface area (Å²) < 4.78 is 0. The summed E-state index contributed by atoms with van der Waals surface area (Å²) in [6, 6.07) is 19.6. The number of hydrogen-bond acceptors (Lipinski definition) is 2. The van der Waals surface area contributed by atoms with Gasteiger partial charge in [0.25, 0.3) is 0 Å². The monoisotopic (exact) mass is 464 g/mol. The first-order valence-corrected chi connectivity index (χ1v) is 13.2. The molecule has 0 atom stereocenters. The van der Waals surface area contributed by atoms with E-state index in [-0.39, 0.29) is 0 Å². The Kier molecular flexibility index (Phi) is 8.13. The lowest BCUT2D eigenvalue weighted by Crippen LogP contribution is -2.20. The van der Waals surface area contributed by atoms with Gasteiger partial charge in [0.15, 0.2) is 0 Å². The zero-order valence-corrected chi connectivity index (χ0v) is 21.7. The molecular formula is C33H40N2. The molecule has 2 N–H and O–H groups in total. The highest BCUT2D eigenvalue weighted by molar-refractivity contribution is 5.84. The number of nitrogens with two attached hydrogens (primary N) is 1. The minimum atomic E-state index is 0.753. The van der Waals surface area contributed by atoms with E-state index in [9.17, 15) is 0 Å². The van der Waals surface area contributed by atoms with Crippen LogP contribution in [-0.2, 0) is 0 Å². The van der Waals surface area contributed by atoms with Crippen LogP contribution in [0.25, 0.3) is 11.1 Å². The minimum absolute atomic E-state index is 0.753. The molecule has 2 aromatic carbocycles. The second-order valence-electron chi connectivity index (χ2n) is 9.81. The maximum absolute atomic E-state index is 6.28. The molecule has 0 amide bonds. The van der Waals surface area contributed by atoms with Crippen LogP contribution in [0.3, 0.4) is 0 Å². The highest BCUT2D eigenvalue weighted by atomic mass is 15.1. The summed E-state index contributed by atoms with van der Waals surface area (Å²) in [5, 5.41) is 0. The Morgan fingerprint density at radius 2 is 1.74 bits per heavy atom. The number of likely N-dealkylation sites (N-methyl/N-ethyl adjacent to an activating group) is 1. The van der Waals surface area contributed by atoms with Crippen molar-refractivity contribution in [3.05, 3.63) is 119 Å². The third-order valence-corrected chi connectivity index (χ3v) is 7.37. The third-order valence-electron chi connectivity index (χ3n) is 7.37. The average molecular weight is 465 g/mol. The van der Waals surface area contributed by atoms with E-state index in [1.807, 2.05) is 0 Å². The largest absolute Gasteiger partial charge is 0.404 e. The van der Waals surface area contributed by atoms with E-state index in [2.05, 4.69) is 99.1 Å². The lowest BCUT2D eigenvalue weighted by atomic mass is 9.85. The Balaban J connectivity index is 1.75. The average Bonchev–Trinajstić information content (AvgIpc) is 3.75. The molecule has 1 fully saturated rings. The molecule has 0 unspecified atom stereocenters. The first-order valence-electron chi connectivity index (χ1n) is 13.2. The Morgan fingerprint density at radius 3 is 2.31 bits per heavy atom. The predicted molar refractivity (Wildman–Crippen MR) is 151 cm³/mol. The van der Waals surface area contributed by atoms with Crippen molar-refractivity contribution in [1.29, 1.82) is 0 Å². The molecule has 0 heterocycles. The van der Waals surface area contributed by atoms with Gasteiger partial charge in [0.1, 0.15) is 0 Å². The molecular weight excluding hydrogens is 424 g/mol. The van der Waals surface area contributed by atoms with E-state index < -0.39 is 0 Å². The smallest absolute Gasteiger partial charge is 0.0459 e. The lowest BCUT2D eigenvalue weighted by Gasteiger charge is -2.30. The molecule has 4 rings (SSSR count). The van der Waals surface area contributed by atoms with Gasteiger partial charge >= 0.3 is 0 Å². The Bertz CT molecular complexity index is 1160. The van der Waals surface area contributed by atoms with Gasteiger partial charge in [-0.1, -0.05) is 80.3 Å². The lowest BCUT2D eigenvalue weighted by molar-refractivity contribution is 0.533. The molecule has 0 aromatic heterocycles. The fraction of sp³-hybridized carbons (Fsp3) is 0.333. The standard InChI is InChI=1S/C33H40N2/c1-5-12-32(31(23-34)29-21-19-28(20-22-29)27-17-18-27)35(4)25(3)33(30-15-10-7-11-16-30)24(2)26-13-8-6-9-14-26/h6,8-9,12-15,19-23,27H,2,5,7,10-11,16-18,34H2,1,3-4H3/b31-23-,32-12+,33-25+. The zero-order chi connectivity index (χ0) is 24.8. The SMILES string of the molecule is C=C(/C(C1=CCCCC1)=C(/C)N(C)C(=C/CC)/C(=C\N)c1ccc(C2CC2)cc1)c1ccccc1. The van der Waals surface area contributed by atoms with Crippen LogP contribution in [0.5, 0.6) is 0 Å². The first kappa shape index (κ1) is 24.9. The quantitative estimate of drug-likeness (QED) is 0.377. The van der Waals surface area contributed by atoms with E-state index >= 15 is 0 Å². The van der Waals surface area contributed by atoms with E-state index in [1.54, 1.807) is 6.20 Å². The van der Waals surface area contributed by atoms with E-state index in [0.717, 1.165) is 47.6 Å². The second kappa shape index (κ2) is 11.4. The molecule has 0 aliphatic heterocycles. The van der Waals surface area contributed by atoms with Crippen molar-refractivity contribution in [2.45, 2.75) is 64.7 Å². The van der Waals surface area contributed by atoms with Crippen molar-refractivity contribution in [2.75, 3.05) is 7.05 Å². The molecule has 0 spiro atoms. The number of rotatable bonds is 9. The van der Waals surface area contributed by atoms with E-state index in [0.29, 0.717) is 0 Å². The Morgan fingerprint density at radius 1 is 1.03 bits per heavy atom. The summed E-state index contributed by atoms with van der Waals surface area (Å²) >= 11 is 0. The summed E-state index contributed by atoms with van der Waals surface area (Å²) in [5.41, 5.74) is 17.2. The molecule has 0 radical (unpaired) electrons. The topological polar surface area (TPSA) is 29.3 Å². The number of nitrogens with zero attached hydrogens (tertiary/aromatic N) is 1.